The first-order chi connectivity index (χ1) is 28.8. The van der Waals surface area contributed by atoms with Crippen LogP contribution in [0.5, 0.6) is 0 Å². The van der Waals surface area contributed by atoms with Gasteiger partial charge < -0.3 is 9.47 Å². The van der Waals surface area contributed by atoms with Gasteiger partial charge in [0.2, 0.25) is 0 Å². The smallest absolute Gasteiger partial charge is 0.0547 e. The van der Waals surface area contributed by atoms with Gasteiger partial charge in [-0.05, 0) is 92.3 Å². The van der Waals surface area contributed by atoms with Crippen molar-refractivity contribution in [3.05, 3.63) is 231 Å². The number of nitrogens with zero attached hydrogens (tertiary/aromatic N) is 2. The molecule has 1 aromatic heterocycles. The Morgan fingerprint density at radius 3 is 1.60 bits per heavy atom. The predicted octanol–water partition coefficient (Wildman–Crippen LogP) is 15.6. The topological polar surface area (TPSA) is 8.17 Å². The van der Waals surface area contributed by atoms with Crippen molar-refractivity contribution in [3.8, 4) is 39.1 Å². The summed E-state index contributed by atoms with van der Waals surface area (Å²) in [5.74, 6) is 0. The molecule has 0 atom stereocenters. The van der Waals surface area contributed by atoms with Gasteiger partial charge in [-0.15, -0.1) is 0 Å². The zero-order valence-electron chi connectivity index (χ0n) is 31.8. The van der Waals surface area contributed by atoms with Crippen LogP contribution in [0.15, 0.2) is 231 Å². The average molecular weight is 739 g/mol. The van der Waals surface area contributed by atoms with E-state index in [4.69, 9.17) is 0 Å². The maximum atomic E-state index is 2.46. The second-order valence-corrected chi connectivity index (χ2v) is 14.9. The molecule has 0 unspecified atom stereocenters. The van der Waals surface area contributed by atoms with Crippen molar-refractivity contribution in [2.24, 2.45) is 0 Å². The zero-order valence-corrected chi connectivity index (χ0v) is 31.8. The van der Waals surface area contributed by atoms with Crippen molar-refractivity contribution in [1.29, 1.82) is 0 Å². The molecule has 272 valence electrons. The van der Waals surface area contributed by atoms with Crippen LogP contribution in [0.25, 0.3) is 82.4 Å². The van der Waals surface area contributed by atoms with E-state index in [-0.39, 0.29) is 0 Å². The van der Waals surface area contributed by atoms with Gasteiger partial charge in [0, 0.05) is 33.3 Å². The van der Waals surface area contributed by atoms with Gasteiger partial charge in [0.15, 0.2) is 0 Å². The molecule has 0 N–H and O–H groups in total. The number of aromatic nitrogens is 1. The number of anilines is 3. The van der Waals surface area contributed by atoms with Crippen LogP contribution >= 0.6 is 0 Å². The van der Waals surface area contributed by atoms with Crippen molar-refractivity contribution < 1.29 is 0 Å². The fourth-order valence-electron chi connectivity index (χ4n) is 8.92. The summed E-state index contributed by atoms with van der Waals surface area (Å²) in [5.41, 5.74) is 13.9. The van der Waals surface area contributed by atoms with E-state index in [9.17, 15) is 0 Å². The van der Waals surface area contributed by atoms with E-state index in [0.717, 1.165) is 33.9 Å². The molecule has 0 aliphatic carbocycles. The van der Waals surface area contributed by atoms with Gasteiger partial charge in [0.25, 0.3) is 0 Å². The molecule has 0 saturated heterocycles. The van der Waals surface area contributed by atoms with Crippen molar-refractivity contribution in [2.45, 2.75) is 0 Å². The second-order valence-electron chi connectivity index (χ2n) is 14.9. The third kappa shape index (κ3) is 5.66. The normalized spacial score (nSPS) is 11.4. The van der Waals surface area contributed by atoms with Gasteiger partial charge in [-0.3, -0.25) is 0 Å². The Morgan fingerprint density at radius 1 is 0.293 bits per heavy atom. The van der Waals surface area contributed by atoms with Crippen LogP contribution in [0.1, 0.15) is 0 Å². The van der Waals surface area contributed by atoms with Crippen LogP contribution in [-0.2, 0) is 0 Å². The van der Waals surface area contributed by atoms with Crippen LogP contribution in [0.4, 0.5) is 17.1 Å². The summed E-state index contributed by atoms with van der Waals surface area (Å²) in [5, 5.41) is 7.55. The Hall–Kier alpha value is -7.68. The Balaban J connectivity index is 1.11. The van der Waals surface area contributed by atoms with Crippen molar-refractivity contribution in [3.63, 3.8) is 0 Å². The van der Waals surface area contributed by atoms with Crippen molar-refractivity contribution in [1.82, 2.24) is 4.57 Å². The highest BCUT2D eigenvalue weighted by Gasteiger charge is 2.22. The quantitative estimate of drug-likeness (QED) is 0.158. The minimum atomic E-state index is 1.09. The molecule has 0 spiro atoms. The number of hydrogen-bond acceptors (Lipinski definition) is 1. The number of para-hydroxylation sites is 3. The maximum Gasteiger partial charge on any atom is 0.0547 e. The highest BCUT2D eigenvalue weighted by atomic mass is 15.1. The van der Waals surface area contributed by atoms with Gasteiger partial charge in [-0.25, -0.2) is 0 Å². The molecule has 0 saturated carbocycles. The van der Waals surface area contributed by atoms with Crippen molar-refractivity contribution >= 4 is 60.4 Å². The summed E-state index contributed by atoms with van der Waals surface area (Å²) in [6.45, 7) is 0. The van der Waals surface area contributed by atoms with E-state index in [0.29, 0.717) is 0 Å². The van der Waals surface area contributed by atoms with E-state index in [2.05, 4.69) is 240 Å². The molecule has 1 heterocycles. The number of hydrogen-bond donors (Lipinski definition) is 0. The van der Waals surface area contributed by atoms with Gasteiger partial charge >= 0.3 is 0 Å². The number of benzene rings is 10. The SMILES string of the molecule is c1ccc(-c2ccc(N(c3ccc(-c4cccc5ccccc45)cc3)c3ccccc3-c3ccccc3-n3c4ccccc4c4c5ccccc5ccc43)cc2)cc1. The Kier molecular flexibility index (Phi) is 8.19. The lowest BCUT2D eigenvalue weighted by molar-refractivity contribution is 1.18. The lowest BCUT2D eigenvalue weighted by atomic mass is 9.97. The first kappa shape index (κ1) is 33.6. The number of rotatable bonds is 7. The Bertz CT molecular complexity index is 3260. The third-order valence-corrected chi connectivity index (χ3v) is 11.6. The van der Waals surface area contributed by atoms with E-state index < -0.39 is 0 Å². The summed E-state index contributed by atoms with van der Waals surface area (Å²) >= 11 is 0. The largest absolute Gasteiger partial charge is 0.310 e. The highest BCUT2D eigenvalue weighted by molar-refractivity contribution is 6.21. The minimum Gasteiger partial charge on any atom is -0.310 e. The van der Waals surface area contributed by atoms with Gasteiger partial charge in [-0.1, -0.05) is 182 Å². The molecule has 11 rings (SSSR count). The molecular formula is C56H38N2. The third-order valence-electron chi connectivity index (χ3n) is 11.6. The molecule has 0 amide bonds. The molecule has 0 bridgehead atoms. The summed E-state index contributed by atoms with van der Waals surface area (Å²) in [6, 6.07) is 83.7. The molecule has 58 heavy (non-hydrogen) atoms. The van der Waals surface area contributed by atoms with Gasteiger partial charge in [0.1, 0.15) is 0 Å². The van der Waals surface area contributed by atoms with Crippen LogP contribution in [-0.4, -0.2) is 4.57 Å². The summed E-state index contributed by atoms with van der Waals surface area (Å²) in [6.07, 6.45) is 0. The van der Waals surface area contributed by atoms with E-state index in [1.165, 1.54) is 65.6 Å². The van der Waals surface area contributed by atoms with Crippen LogP contribution in [0, 0.1) is 0 Å². The summed E-state index contributed by atoms with van der Waals surface area (Å²) in [4.78, 5) is 2.41. The minimum absolute atomic E-state index is 1.09. The van der Waals surface area contributed by atoms with Crippen molar-refractivity contribution in [2.75, 3.05) is 4.90 Å². The lowest BCUT2D eigenvalue weighted by Gasteiger charge is -2.29. The summed E-state index contributed by atoms with van der Waals surface area (Å²) in [7, 11) is 0. The summed E-state index contributed by atoms with van der Waals surface area (Å²) < 4.78 is 2.46. The molecule has 2 nitrogen and oxygen atoms in total. The molecule has 0 aliphatic heterocycles. The molecule has 2 heteroatoms. The first-order valence-electron chi connectivity index (χ1n) is 19.9. The standard InChI is InChI=1S/C56H38N2/c1-2-15-39(16-3-1)40-29-34-44(35-30-40)57(45-36-31-43(32-37-45)47-25-14-19-41-17-4-6-20-46(41)47)52-26-11-8-22-49(52)50-23-9-12-27-53(50)58-54-28-13-10-24-51(54)56-48-21-7-5-18-42(48)33-38-55(56)58/h1-38H. The fourth-order valence-corrected chi connectivity index (χ4v) is 8.92. The van der Waals surface area contributed by atoms with Gasteiger partial charge in [0.05, 0.1) is 22.4 Å². The van der Waals surface area contributed by atoms with E-state index >= 15 is 0 Å². The van der Waals surface area contributed by atoms with E-state index in [1.54, 1.807) is 0 Å². The monoisotopic (exact) mass is 738 g/mol. The fraction of sp³-hybridized carbons (Fsp3) is 0. The molecule has 11 aromatic rings. The maximum absolute atomic E-state index is 2.46. The number of fused-ring (bicyclic) bond motifs is 6. The second kappa shape index (κ2) is 14.1. The molecule has 0 fully saturated rings. The van der Waals surface area contributed by atoms with Crippen LogP contribution in [0.3, 0.4) is 0 Å². The Labute approximate surface area is 338 Å². The van der Waals surface area contributed by atoms with E-state index in [1.807, 2.05) is 0 Å². The molecule has 0 aliphatic rings. The van der Waals surface area contributed by atoms with Crippen LogP contribution < -0.4 is 4.90 Å². The first-order valence-corrected chi connectivity index (χ1v) is 19.9. The Morgan fingerprint density at radius 2 is 0.828 bits per heavy atom. The van der Waals surface area contributed by atoms with Gasteiger partial charge in [-0.2, -0.15) is 0 Å². The molecule has 10 aromatic carbocycles. The van der Waals surface area contributed by atoms with Crippen LogP contribution in [0.2, 0.25) is 0 Å². The molecule has 0 radical (unpaired) electrons. The highest BCUT2D eigenvalue weighted by Crippen LogP contribution is 2.45. The molecular weight excluding hydrogens is 701 g/mol. The lowest BCUT2D eigenvalue weighted by Crippen LogP contribution is -2.11. The predicted molar refractivity (Wildman–Crippen MR) is 247 cm³/mol. The average Bonchev–Trinajstić information content (AvgIpc) is 3.65. The zero-order chi connectivity index (χ0) is 38.4.